The van der Waals surface area contributed by atoms with Crippen molar-refractivity contribution in [2.75, 3.05) is 6.54 Å². The summed E-state index contributed by atoms with van der Waals surface area (Å²) in [5.41, 5.74) is -1.44. The summed E-state index contributed by atoms with van der Waals surface area (Å²) < 4.78 is 0. The average molecular weight is 397 g/mol. The molecule has 1 rings (SSSR count). The van der Waals surface area contributed by atoms with Crippen LogP contribution in [-0.2, 0) is 4.79 Å². The molecule has 0 radical (unpaired) electrons. The summed E-state index contributed by atoms with van der Waals surface area (Å²) in [6, 6.07) is 3.47. The Labute approximate surface area is 167 Å². The lowest BCUT2D eigenvalue weighted by Crippen LogP contribution is -2.66. The number of hydrogen-bond donors (Lipinski definition) is 3. The third kappa shape index (κ3) is 9.00. The number of unbranched alkanes of at least 4 members (excludes halogenated alkanes) is 9. The fourth-order valence-electron chi connectivity index (χ4n) is 3.03. The number of nitrogens with one attached hydrogen (secondary N) is 2. The van der Waals surface area contributed by atoms with Crippen molar-refractivity contribution in [3.8, 4) is 0 Å². The first kappa shape index (κ1) is 23.8. The fraction of sp³-hybridized carbons (Fsp3) is 0.714. The molecular formula is C21H36N2O3S. The average Bonchev–Trinajstić information content (AvgIpc) is 3.19. The first-order valence-electron chi connectivity index (χ1n) is 10.3. The summed E-state index contributed by atoms with van der Waals surface area (Å²) in [7, 11) is 0. The van der Waals surface area contributed by atoms with Gasteiger partial charge >= 0.3 is 0 Å². The van der Waals surface area contributed by atoms with Gasteiger partial charge in [-0.1, -0.05) is 70.8 Å². The summed E-state index contributed by atoms with van der Waals surface area (Å²) in [6.45, 7) is 4.32. The van der Waals surface area contributed by atoms with Gasteiger partial charge in [-0.2, -0.15) is 0 Å². The maximum absolute atomic E-state index is 12.3. The van der Waals surface area contributed by atoms with Gasteiger partial charge in [0.1, 0.15) is 0 Å². The van der Waals surface area contributed by atoms with E-state index >= 15 is 0 Å². The van der Waals surface area contributed by atoms with Crippen molar-refractivity contribution in [2.45, 2.75) is 89.8 Å². The van der Waals surface area contributed by atoms with Crippen LogP contribution in [0.15, 0.2) is 17.5 Å². The Balaban J connectivity index is 2.26. The first-order chi connectivity index (χ1) is 13.1. The van der Waals surface area contributed by atoms with Crippen LogP contribution in [-0.4, -0.2) is 35.6 Å². The molecule has 0 aliphatic carbocycles. The minimum Gasteiger partial charge on any atom is -0.389 e. The highest BCUT2D eigenvalue weighted by Crippen LogP contribution is 2.13. The SMILES string of the molecule is CCCCCCCCCCCCN[C@](C=O)(NC(=O)c1cccs1)[C@@H](C)O. The molecule has 0 bridgehead atoms. The molecule has 6 heteroatoms. The molecule has 1 aromatic rings. The third-order valence-corrected chi connectivity index (χ3v) is 5.73. The number of carbonyl (C=O) groups is 2. The van der Waals surface area contributed by atoms with Crippen LogP contribution in [0.3, 0.4) is 0 Å². The van der Waals surface area contributed by atoms with Gasteiger partial charge in [0.2, 0.25) is 0 Å². The van der Waals surface area contributed by atoms with Gasteiger partial charge in [-0.25, -0.2) is 0 Å². The summed E-state index contributed by atoms with van der Waals surface area (Å²) in [5, 5.41) is 17.6. The lowest BCUT2D eigenvalue weighted by molar-refractivity contribution is -0.118. The summed E-state index contributed by atoms with van der Waals surface area (Å²) in [4.78, 5) is 24.4. The number of hydrogen-bond acceptors (Lipinski definition) is 5. The molecule has 0 spiro atoms. The van der Waals surface area contributed by atoms with Gasteiger partial charge in [-0.3, -0.25) is 14.9 Å². The fourth-order valence-corrected chi connectivity index (χ4v) is 3.65. The van der Waals surface area contributed by atoms with Gasteiger partial charge in [0.25, 0.3) is 5.91 Å². The molecule has 154 valence electrons. The van der Waals surface area contributed by atoms with E-state index in [-0.39, 0.29) is 5.91 Å². The molecular weight excluding hydrogens is 360 g/mol. The molecule has 0 saturated heterocycles. The molecule has 0 aliphatic rings. The smallest absolute Gasteiger partial charge is 0.263 e. The van der Waals surface area contributed by atoms with E-state index in [9.17, 15) is 14.7 Å². The van der Waals surface area contributed by atoms with E-state index in [0.29, 0.717) is 17.7 Å². The second kappa shape index (κ2) is 13.9. The minimum atomic E-state index is -1.44. The number of rotatable bonds is 16. The Morgan fingerprint density at radius 1 is 1.15 bits per heavy atom. The molecule has 27 heavy (non-hydrogen) atoms. The largest absolute Gasteiger partial charge is 0.389 e. The van der Waals surface area contributed by atoms with Gasteiger partial charge in [0, 0.05) is 0 Å². The van der Waals surface area contributed by atoms with Crippen molar-refractivity contribution in [1.82, 2.24) is 10.6 Å². The van der Waals surface area contributed by atoms with E-state index in [1.165, 1.54) is 69.6 Å². The van der Waals surface area contributed by atoms with Crippen LogP contribution in [0.2, 0.25) is 0 Å². The topological polar surface area (TPSA) is 78.4 Å². The van der Waals surface area contributed by atoms with E-state index in [2.05, 4.69) is 17.6 Å². The van der Waals surface area contributed by atoms with Crippen molar-refractivity contribution < 1.29 is 14.7 Å². The first-order valence-corrected chi connectivity index (χ1v) is 11.2. The Morgan fingerprint density at radius 3 is 2.22 bits per heavy atom. The van der Waals surface area contributed by atoms with Crippen LogP contribution in [0, 0.1) is 0 Å². The number of amides is 1. The van der Waals surface area contributed by atoms with Crippen molar-refractivity contribution in [1.29, 1.82) is 0 Å². The predicted molar refractivity (Wildman–Crippen MR) is 112 cm³/mol. The van der Waals surface area contributed by atoms with Crippen molar-refractivity contribution in [3.05, 3.63) is 22.4 Å². The van der Waals surface area contributed by atoms with E-state index in [1.54, 1.807) is 17.5 Å². The summed E-state index contributed by atoms with van der Waals surface area (Å²) >= 11 is 1.30. The Morgan fingerprint density at radius 2 is 1.74 bits per heavy atom. The van der Waals surface area contributed by atoms with Gasteiger partial charge in [0.15, 0.2) is 11.9 Å². The number of carbonyl (C=O) groups excluding carboxylic acids is 2. The maximum atomic E-state index is 12.3. The van der Waals surface area contributed by atoms with E-state index in [0.717, 1.165) is 12.8 Å². The second-order valence-corrected chi connectivity index (χ2v) is 8.15. The van der Waals surface area contributed by atoms with Gasteiger partial charge in [-0.05, 0) is 31.3 Å². The molecule has 0 aliphatic heterocycles. The molecule has 0 unspecified atom stereocenters. The van der Waals surface area contributed by atoms with E-state index < -0.39 is 11.8 Å². The van der Waals surface area contributed by atoms with Gasteiger partial charge in [-0.15, -0.1) is 11.3 Å². The molecule has 0 saturated carbocycles. The highest BCUT2D eigenvalue weighted by Gasteiger charge is 2.36. The Kier molecular flexibility index (Phi) is 12.2. The standard InChI is InChI=1S/C21H36N2O3S/c1-3-4-5-6-7-8-9-10-11-12-15-22-21(17-24,18(2)25)23-20(26)19-14-13-16-27-19/h13-14,16-18,22,25H,3-12,15H2,1-2H3,(H,23,26)/t18-,21-/m1/s1. The lowest BCUT2D eigenvalue weighted by Gasteiger charge is -2.33. The zero-order valence-corrected chi connectivity index (χ0v) is 17.7. The number of aliphatic hydroxyl groups is 1. The number of aldehydes is 1. The molecule has 2 atom stereocenters. The molecule has 0 fully saturated rings. The van der Waals surface area contributed by atoms with Crippen LogP contribution in [0.1, 0.15) is 87.7 Å². The summed E-state index contributed by atoms with van der Waals surface area (Å²) in [5.74, 6) is -0.353. The lowest BCUT2D eigenvalue weighted by atomic mass is 10.0. The predicted octanol–water partition coefficient (Wildman–Crippen LogP) is 4.26. The van der Waals surface area contributed by atoms with Crippen LogP contribution < -0.4 is 10.6 Å². The van der Waals surface area contributed by atoms with Crippen LogP contribution in [0.5, 0.6) is 0 Å². The van der Waals surface area contributed by atoms with Crippen molar-refractivity contribution >= 4 is 23.5 Å². The van der Waals surface area contributed by atoms with Crippen LogP contribution in [0.25, 0.3) is 0 Å². The highest BCUT2D eigenvalue weighted by atomic mass is 32.1. The Hall–Kier alpha value is -1.24. The molecule has 1 heterocycles. The third-order valence-electron chi connectivity index (χ3n) is 4.86. The monoisotopic (exact) mass is 396 g/mol. The van der Waals surface area contributed by atoms with Crippen LogP contribution in [0.4, 0.5) is 0 Å². The van der Waals surface area contributed by atoms with Gasteiger partial charge < -0.3 is 10.4 Å². The zero-order valence-electron chi connectivity index (χ0n) is 16.8. The molecule has 5 nitrogen and oxygen atoms in total. The quantitative estimate of drug-likeness (QED) is 0.222. The molecule has 3 N–H and O–H groups in total. The van der Waals surface area contributed by atoms with Crippen molar-refractivity contribution in [2.24, 2.45) is 0 Å². The minimum absolute atomic E-state index is 0.353. The number of thiophene rings is 1. The normalized spacial score (nSPS) is 14.5. The molecule has 1 aromatic heterocycles. The van der Waals surface area contributed by atoms with Gasteiger partial charge in [0.05, 0.1) is 11.0 Å². The second-order valence-electron chi connectivity index (χ2n) is 7.20. The van der Waals surface area contributed by atoms with Crippen LogP contribution >= 0.6 is 11.3 Å². The number of aliphatic hydroxyl groups excluding tert-OH is 1. The zero-order chi connectivity index (χ0) is 20.0. The maximum Gasteiger partial charge on any atom is 0.263 e. The highest BCUT2D eigenvalue weighted by molar-refractivity contribution is 7.12. The molecule has 1 amide bonds. The summed E-state index contributed by atoms with van der Waals surface area (Å²) in [6.07, 6.45) is 11.9. The van der Waals surface area contributed by atoms with E-state index in [1.807, 2.05) is 0 Å². The van der Waals surface area contributed by atoms with Crippen molar-refractivity contribution in [3.63, 3.8) is 0 Å². The molecule has 0 aromatic carbocycles. The Bertz CT molecular complexity index is 520. The van der Waals surface area contributed by atoms with E-state index in [4.69, 9.17) is 0 Å².